The minimum absolute atomic E-state index is 0.0291. The summed E-state index contributed by atoms with van der Waals surface area (Å²) in [4.78, 5) is 37.4. The van der Waals surface area contributed by atoms with Crippen LogP contribution in [0.5, 0.6) is 0 Å². The van der Waals surface area contributed by atoms with Crippen LogP contribution in [0.15, 0.2) is 12.2 Å². The monoisotopic (exact) mass is 746 g/mol. The van der Waals surface area contributed by atoms with Crippen LogP contribution in [0, 0.1) is 0 Å². The lowest BCUT2D eigenvalue weighted by atomic mass is 10.0. The average Bonchev–Trinajstić information content (AvgIpc) is 3.07. The lowest BCUT2D eigenvalue weighted by molar-refractivity contribution is -0.870. The first kappa shape index (κ1) is 49.8. The van der Waals surface area contributed by atoms with E-state index in [-0.39, 0.29) is 26.1 Å². The number of hydrogen-bond acceptors (Lipinski definition) is 8. The van der Waals surface area contributed by atoms with Crippen molar-refractivity contribution in [1.29, 1.82) is 0 Å². The van der Waals surface area contributed by atoms with Crippen molar-refractivity contribution >= 4 is 19.8 Å². The highest BCUT2D eigenvalue weighted by atomic mass is 31.2. The molecule has 0 saturated carbocycles. The molecule has 0 aliphatic carbocycles. The van der Waals surface area contributed by atoms with E-state index in [9.17, 15) is 19.0 Å². The van der Waals surface area contributed by atoms with Crippen LogP contribution in [0.1, 0.15) is 187 Å². The molecule has 0 bridgehead atoms. The molecule has 10 heteroatoms. The lowest BCUT2D eigenvalue weighted by Gasteiger charge is -2.28. The number of phosphoric acid groups is 1. The molecule has 51 heavy (non-hydrogen) atoms. The number of likely N-dealkylation sites (N-methyl/N-ethyl adjacent to an activating group) is 1. The van der Waals surface area contributed by atoms with E-state index in [1.54, 1.807) is 0 Å². The molecule has 0 rings (SSSR count). The van der Waals surface area contributed by atoms with Gasteiger partial charge in [-0.15, -0.1) is 0 Å². The maximum Gasteiger partial charge on any atom is 0.306 e. The summed E-state index contributed by atoms with van der Waals surface area (Å²) in [5, 5.41) is 0. The fourth-order valence-corrected chi connectivity index (χ4v) is 6.42. The Bertz CT molecular complexity index is 891. The van der Waals surface area contributed by atoms with Crippen molar-refractivity contribution in [2.75, 3.05) is 47.5 Å². The van der Waals surface area contributed by atoms with E-state index in [1.807, 2.05) is 21.1 Å². The maximum atomic E-state index is 12.6. The molecule has 0 aliphatic rings. The fourth-order valence-electron chi connectivity index (χ4n) is 5.69. The molecular formula is C41H80NO8P. The van der Waals surface area contributed by atoms with Gasteiger partial charge in [0.2, 0.25) is 0 Å². The van der Waals surface area contributed by atoms with Crippen LogP contribution in [0.2, 0.25) is 0 Å². The molecule has 0 aromatic heterocycles. The predicted octanol–water partition coefficient (Wildman–Crippen LogP) is 10.8. The molecule has 0 spiro atoms. The number of rotatable bonds is 38. The van der Waals surface area contributed by atoms with E-state index in [0.717, 1.165) is 57.8 Å². The maximum absolute atomic E-state index is 12.6. The van der Waals surface area contributed by atoms with Crippen molar-refractivity contribution in [1.82, 2.24) is 0 Å². The molecule has 0 fully saturated rings. The van der Waals surface area contributed by atoms with Crippen LogP contribution < -0.4 is 4.89 Å². The average molecular weight is 746 g/mol. The number of unbranched alkanes of at least 4 members (excludes halogenated alkanes) is 22. The first-order valence-corrected chi connectivity index (χ1v) is 22.4. The standard InChI is InChI=1S/C41H80NO8P/c1-6-8-10-12-14-16-18-19-20-21-22-24-26-28-30-32-34-41(44)50-39(38-49-51(45,46)48-36-35-42(3,4)5)37-47-40(43)33-31-29-27-25-23-17-15-13-11-9-7-2/h13,15,39H,6-12,14,16-38H2,1-5H3/b15-13-/t39-/m1/s1. The van der Waals surface area contributed by atoms with Gasteiger partial charge in [0.1, 0.15) is 19.8 Å². The topological polar surface area (TPSA) is 111 Å². The second-order valence-electron chi connectivity index (χ2n) is 15.4. The van der Waals surface area contributed by atoms with Gasteiger partial charge < -0.3 is 27.9 Å². The summed E-state index contributed by atoms with van der Waals surface area (Å²) in [7, 11) is 1.17. The molecule has 1 unspecified atom stereocenters. The van der Waals surface area contributed by atoms with Crippen molar-refractivity contribution in [3.8, 4) is 0 Å². The summed E-state index contributed by atoms with van der Waals surface area (Å²) < 4.78 is 33.8. The Morgan fingerprint density at radius 3 is 1.51 bits per heavy atom. The number of allylic oxidation sites excluding steroid dienone is 2. The molecular weight excluding hydrogens is 665 g/mol. The Labute approximate surface area is 314 Å². The van der Waals surface area contributed by atoms with Crippen LogP contribution in [0.3, 0.4) is 0 Å². The summed E-state index contributed by atoms with van der Waals surface area (Å²) in [6.45, 7) is 4.19. The number of ether oxygens (including phenoxy) is 2. The van der Waals surface area contributed by atoms with Crippen molar-refractivity contribution < 1.29 is 42.1 Å². The minimum Gasteiger partial charge on any atom is -0.756 e. The van der Waals surface area contributed by atoms with Crippen molar-refractivity contribution in [2.45, 2.75) is 193 Å². The highest BCUT2D eigenvalue weighted by Gasteiger charge is 2.21. The van der Waals surface area contributed by atoms with Gasteiger partial charge in [0.15, 0.2) is 6.10 Å². The van der Waals surface area contributed by atoms with Crippen LogP contribution in [0.4, 0.5) is 0 Å². The minimum atomic E-state index is -4.62. The Hall–Kier alpha value is -1.25. The van der Waals surface area contributed by atoms with Crippen molar-refractivity contribution in [3.05, 3.63) is 12.2 Å². The summed E-state index contributed by atoms with van der Waals surface area (Å²) in [6, 6.07) is 0. The first-order valence-electron chi connectivity index (χ1n) is 20.9. The van der Waals surface area contributed by atoms with Crippen molar-refractivity contribution in [3.63, 3.8) is 0 Å². The van der Waals surface area contributed by atoms with Gasteiger partial charge in [-0.05, 0) is 32.1 Å². The van der Waals surface area contributed by atoms with Gasteiger partial charge >= 0.3 is 11.9 Å². The summed E-state index contributed by atoms with van der Waals surface area (Å²) in [5.74, 6) is -0.839. The quantitative estimate of drug-likeness (QED) is 0.0202. The van der Waals surface area contributed by atoms with Gasteiger partial charge in [-0.1, -0.05) is 154 Å². The number of carbonyl (C=O) groups excluding carboxylic acids is 2. The molecule has 0 aliphatic heterocycles. The lowest BCUT2D eigenvalue weighted by Crippen LogP contribution is -2.37. The number of quaternary nitrogens is 1. The fraction of sp³-hybridized carbons (Fsp3) is 0.902. The molecule has 302 valence electrons. The highest BCUT2D eigenvalue weighted by Crippen LogP contribution is 2.38. The summed E-state index contributed by atoms with van der Waals surface area (Å²) >= 11 is 0. The zero-order valence-electron chi connectivity index (χ0n) is 33.8. The van der Waals surface area contributed by atoms with E-state index < -0.39 is 32.5 Å². The first-order chi connectivity index (χ1) is 24.5. The number of esters is 2. The Balaban J connectivity index is 4.35. The molecule has 9 nitrogen and oxygen atoms in total. The predicted molar refractivity (Wildman–Crippen MR) is 208 cm³/mol. The van der Waals surface area contributed by atoms with E-state index in [4.69, 9.17) is 18.5 Å². The van der Waals surface area contributed by atoms with Gasteiger partial charge in [0.25, 0.3) is 7.82 Å². The van der Waals surface area contributed by atoms with Gasteiger partial charge in [-0.3, -0.25) is 14.2 Å². The number of carbonyl (C=O) groups is 2. The third kappa shape index (κ3) is 38.3. The molecule has 0 saturated heterocycles. The number of phosphoric ester groups is 1. The summed E-state index contributed by atoms with van der Waals surface area (Å²) in [5.41, 5.74) is 0. The zero-order chi connectivity index (χ0) is 37.9. The summed E-state index contributed by atoms with van der Waals surface area (Å²) in [6.07, 6.45) is 33.8. The van der Waals surface area contributed by atoms with E-state index >= 15 is 0 Å². The molecule has 0 radical (unpaired) electrons. The highest BCUT2D eigenvalue weighted by molar-refractivity contribution is 7.45. The van der Waals surface area contributed by atoms with E-state index in [1.165, 1.54) is 96.3 Å². The smallest absolute Gasteiger partial charge is 0.306 e. The van der Waals surface area contributed by atoms with Crippen LogP contribution in [-0.2, 0) is 32.7 Å². The second kappa shape index (κ2) is 34.5. The van der Waals surface area contributed by atoms with E-state index in [0.29, 0.717) is 17.4 Å². The Kier molecular flexibility index (Phi) is 33.7. The van der Waals surface area contributed by atoms with Crippen LogP contribution >= 0.6 is 7.82 Å². The number of nitrogens with zero attached hydrogens (tertiary/aromatic N) is 1. The molecule has 0 N–H and O–H groups in total. The van der Waals surface area contributed by atoms with Gasteiger partial charge in [0.05, 0.1) is 27.7 Å². The third-order valence-electron chi connectivity index (χ3n) is 9.04. The van der Waals surface area contributed by atoms with Crippen LogP contribution in [-0.4, -0.2) is 70.0 Å². The van der Waals surface area contributed by atoms with Gasteiger partial charge in [0, 0.05) is 12.8 Å². The molecule has 0 aromatic carbocycles. The Morgan fingerprint density at radius 2 is 1.02 bits per heavy atom. The molecule has 0 aromatic rings. The Morgan fingerprint density at radius 1 is 0.588 bits per heavy atom. The molecule has 0 amide bonds. The SMILES string of the molecule is CCCC/C=C\CCCCCCCC(=O)OC[C@H](COP(=O)([O-])OCC[N+](C)(C)C)OC(=O)CCCCCCCCCCCCCCCCCC. The molecule has 0 heterocycles. The van der Waals surface area contributed by atoms with E-state index in [2.05, 4.69) is 26.0 Å². The van der Waals surface area contributed by atoms with Gasteiger partial charge in [-0.2, -0.15) is 0 Å². The van der Waals surface area contributed by atoms with Crippen LogP contribution in [0.25, 0.3) is 0 Å². The zero-order valence-corrected chi connectivity index (χ0v) is 34.7. The second-order valence-corrected chi connectivity index (χ2v) is 16.8. The van der Waals surface area contributed by atoms with Gasteiger partial charge in [-0.25, -0.2) is 0 Å². The van der Waals surface area contributed by atoms with Crippen molar-refractivity contribution in [2.24, 2.45) is 0 Å². The largest absolute Gasteiger partial charge is 0.756 e. The normalized spacial score (nSPS) is 13.8. The number of hydrogen-bond donors (Lipinski definition) is 0. The third-order valence-corrected chi connectivity index (χ3v) is 10.00. The molecule has 2 atom stereocenters.